The maximum absolute atomic E-state index is 11.0. The molecular formula is C19H21NO3. The number of aromatic carboxylic acids is 1. The van der Waals surface area contributed by atoms with E-state index in [0.717, 1.165) is 29.3 Å². The number of benzene rings is 2. The lowest BCUT2D eigenvalue weighted by molar-refractivity contribution is 0.0696. The fraction of sp³-hybridized carbons (Fsp3) is 0.316. The summed E-state index contributed by atoms with van der Waals surface area (Å²) in [5.74, 6) is -0.125. The van der Waals surface area contributed by atoms with Crippen molar-refractivity contribution in [2.75, 3.05) is 11.9 Å². The summed E-state index contributed by atoms with van der Waals surface area (Å²) in [4.78, 5) is 11.0. The molecule has 0 atom stereocenters. The molecular weight excluding hydrogens is 290 g/mol. The standard InChI is InChI=1S/C19H21NO3/c21-19(22)17-5-1-3-15(9-17)11-20-18-6-2-4-16(10-18)13-23-12-14-7-8-14/h1-6,9-10,14,20H,7-8,11-13H2,(H,21,22). The minimum Gasteiger partial charge on any atom is -0.478 e. The third kappa shape index (κ3) is 4.83. The van der Waals surface area contributed by atoms with Crippen molar-refractivity contribution in [3.8, 4) is 0 Å². The van der Waals surface area contributed by atoms with Crippen molar-refractivity contribution >= 4 is 11.7 Å². The van der Waals surface area contributed by atoms with E-state index in [0.29, 0.717) is 18.7 Å². The second kappa shape index (κ2) is 7.29. The highest BCUT2D eigenvalue weighted by atomic mass is 16.5. The zero-order chi connectivity index (χ0) is 16.1. The minimum absolute atomic E-state index is 0.312. The van der Waals surface area contributed by atoms with Crippen molar-refractivity contribution in [2.24, 2.45) is 5.92 Å². The van der Waals surface area contributed by atoms with Gasteiger partial charge in [0.25, 0.3) is 0 Å². The van der Waals surface area contributed by atoms with Crippen molar-refractivity contribution < 1.29 is 14.6 Å². The highest BCUT2D eigenvalue weighted by Crippen LogP contribution is 2.29. The van der Waals surface area contributed by atoms with Crippen LogP contribution in [0.25, 0.3) is 0 Å². The number of hydrogen-bond donors (Lipinski definition) is 2. The first-order chi connectivity index (χ1) is 11.2. The molecule has 0 saturated heterocycles. The Morgan fingerprint density at radius 1 is 1.13 bits per heavy atom. The Bertz CT molecular complexity index is 680. The number of rotatable bonds is 8. The Morgan fingerprint density at radius 2 is 1.91 bits per heavy atom. The molecule has 1 aliphatic rings. The van der Waals surface area contributed by atoms with Gasteiger partial charge in [0.2, 0.25) is 0 Å². The fourth-order valence-corrected chi connectivity index (χ4v) is 2.42. The van der Waals surface area contributed by atoms with Crippen LogP contribution in [0.1, 0.15) is 34.3 Å². The molecule has 1 fully saturated rings. The van der Waals surface area contributed by atoms with Crippen LogP contribution in [0.15, 0.2) is 48.5 Å². The zero-order valence-corrected chi connectivity index (χ0v) is 13.0. The first-order valence-electron chi connectivity index (χ1n) is 7.93. The number of carboxylic acids is 1. The van der Waals surface area contributed by atoms with E-state index in [-0.39, 0.29) is 0 Å². The summed E-state index contributed by atoms with van der Waals surface area (Å²) >= 11 is 0. The van der Waals surface area contributed by atoms with Gasteiger partial charge in [0.05, 0.1) is 12.2 Å². The third-order valence-corrected chi connectivity index (χ3v) is 3.92. The van der Waals surface area contributed by atoms with Gasteiger partial charge in [-0.2, -0.15) is 0 Å². The van der Waals surface area contributed by atoms with Crippen molar-refractivity contribution in [2.45, 2.75) is 26.0 Å². The molecule has 0 radical (unpaired) electrons. The molecule has 23 heavy (non-hydrogen) atoms. The van der Waals surface area contributed by atoms with Gasteiger partial charge in [-0.25, -0.2) is 4.79 Å². The molecule has 0 aromatic heterocycles. The Balaban J connectivity index is 1.54. The Labute approximate surface area is 136 Å². The van der Waals surface area contributed by atoms with Gasteiger partial charge in [-0.15, -0.1) is 0 Å². The zero-order valence-electron chi connectivity index (χ0n) is 13.0. The van der Waals surface area contributed by atoms with Crippen LogP contribution >= 0.6 is 0 Å². The predicted molar refractivity (Wildman–Crippen MR) is 89.6 cm³/mol. The van der Waals surface area contributed by atoms with E-state index in [1.165, 1.54) is 12.8 Å². The monoisotopic (exact) mass is 311 g/mol. The van der Waals surface area contributed by atoms with Crippen molar-refractivity contribution in [1.29, 1.82) is 0 Å². The van der Waals surface area contributed by atoms with Gasteiger partial charge in [-0.3, -0.25) is 0 Å². The molecule has 4 heteroatoms. The van der Waals surface area contributed by atoms with Gasteiger partial charge < -0.3 is 15.2 Å². The van der Waals surface area contributed by atoms with E-state index in [2.05, 4.69) is 17.4 Å². The molecule has 3 rings (SSSR count). The number of ether oxygens (including phenoxy) is 1. The van der Waals surface area contributed by atoms with Crippen LogP contribution in [0.2, 0.25) is 0 Å². The van der Waals surface area contributed by atoms with E-state index in [9.17, 15) is 4.79 Å². The molecule has 2 aromatic rings. The second-order valence-electron chi connectivity index (χ2n) is 6.02. The molecule has 4 nitrogen and oxygen atoms in total. The first kappa shape index (κ1) is 15.6. The average Bonchev–Trinajstić information content (AvgIpc) is 3.38. The van der Waals surface area contributed by atoms with Gasteiger partial charge in [0, 0.05) is 18.8 Å². The number of anilines is 1. The molecule has 2 N–H and O–H groups in total. The predicted octanol–water partition coefficient (Wildman–Crippen LogP) is 3.92. The maximum atomic E-state index is 11.0. The van der Waals surface area contributed by atoms with Crippen LogP contribution in [-0.4, -0.2) is 17.7 Å². The fourth-order valence-electron chi connectivity index (χ4n) is 2.42. The van der Waals surface area contributed by atoms with Crippen LogP contribution in [-0.2, 0) is 17.9 Å². The summed E-state index contributed by atoms with van der Waals surface area (Å²) in [5, 5.41) is 12.4. The molecule has 0 bridgehead atoms. The molecule has 0 aliphatic heterocycles. The molecule has 0 amide bonds. The summed E-state index contributed by atoms with van der Waals surface area (Å²) in [6.45, 7) is 2.09. The van der Waals surface area contributed by atoms with E-state index in [1.54, 1.807) is 18.2 Å². The molecule has 120 valence electrons. The number of carbonyl (C=O) groups is 1. The average molecular weight is 311 g/mol. The topological polar surface area (TPSA) is 58.6 Å². The second-order valence-corrected chi connectivity index (χ2v) is 6.02. The molecule has 0 heterocycles. The highest BCUT2D eigenvalue weighted by molar-refractivity contribution is 5.87. The van der Waals surface area contributed by atoms with E-state index in [1.807, 2.05) is 18.2 Å². The summed E-state index contributed by atoms with van der Waals surface area (Å²) < 4.78 is 5.71. The van der Waals surface area contributed by atoms with Gasteiger partial charge in [0.15, 0.2) is 0 Å². The lowest BCUT2D eigenvalue weighted by Gasteiger charge is -2.09. The third-order valence-electron chi connectivity index (χ3n) is 3.92. The summed E-state index contributed by atoms with van der Waals surface area (Å²) in [6, 6.07) is 15.1. The van der Waals surface area contributed by atoms with Crippen molar-refractivity contribution in [1.82, 2.24) is 0 Å². The van der Waals surface area contributed by atoms with Crippen LogP contribution in [0.4, 0.5) is 5.69 Å². The Kier molecular flexibility index (Phi) is 4.93. The molecule has 1 aliphatic carbocycles. The number of hydrogen-bond acceptors (Lipinski definition) is 3. The molecule has 2 aromatic carbocycles. The summed E-state index contributed by atoms with van der Waals surface area (Å²) in [7, 11) is 0. The Morgan fingerprint density at radius 3 is 2.70 bits per heavy atom. The minimum atomic E-state index is -0.901. The van der Waals surface area contributed by atoms with Crippen molar-refractivity contribution in [3.63, 3.8) is 0 Å². The van der Waals surface area contributed by atoms with Gasteiger partial charge in [-0.05, 0) is 54.2 Å². The smallest absolute Gasteiger partial charge is 0.335 e. The number of nitrogens with one attached hydrogen (secondary N) is 1. The molecule has 1 saturated carbocycles. The van der Waals surface area contributed by atoms with E-state index < -0.39 is 5.97 Å². The number of carboxylic acid groups (broad SMARTS) is 1. The first-order valence-corrected chi connectivity index (χ1v) is 7.93. The summed E-state index contributed by atoms with van der Waals surface area (Å²) in [5.41, 5.74) is 3.42. The van der Waals surface area contributed by atoms with E-state index in [4.69, 9.17) is 9.84 Å². The summed E-state index contributed by atoms with van der Waals surface area (Å²) in [6.07, 6.45) is 2.61. The van der Waals surface area contributed by atoms with Crippen LogP contribution in [0, 0.1) is 5.92 Å². The maximum Gasteiger partial charge on any atom is 0.335 e. The van der Waals surface area contributed by atoms with Crippen LogP contribution in [0.3, 0.4) is 0 Å². The van der Waals surface area contributed by atoms with Gasteiger partial charge in [-0.1, -0.05) is 24.3 Å². The highest BCUT2D eigenvalue weighted by Gasteiger charge is 2.20. The normalized spacial score (nSPS) is 13.7. The Hall–Kier alpha value is -2.33. The quantitative estimate of drug-likeness (QED) is 0.775. The lowest BCUT2D eigenvalue weighted by Crippen LogP contribution is -2.03. The molecule has 0 unspecified atom stereocenters. The van der Waals surface area contributed by atoms with Crippen LogP contribution in [0.5, 0.6) is 0 Å². The molecule has 0 spiro atoms. The van der Waals surface area contributed by atoms with Crippen LogP contribution < -0.4 is 5.32 Å². The van der Waals surface area contributed by atoms with Gasteiger partial charge >= 0.3 is 5.97 Å². The largest absolute Gasteiger partial charge is 0.478 e. The van der Waals surface area contributed by atoms with Crippen molar-refractivity contribution in [3.05, 3.63) is 65.2 Å². The lowest BCUT2D eigenvalue weighted by atomic mass is 10.1. The SMILES string of the molecule is O=C(O)c1cccc(CNc2cccc(COCC3CC3)c2)c1. The van der Waals surface area contributed by atoms with Gasteiger partial charge in [0.1, 0.15) is 0 Å². The van der Waals surface area contributed by atoms with E-state index >= 15 is 0 Å².